The van der Waals surface area contributed by atoms with Crippen LogP contribution in [-0.4, -0.2) is 40.7 Å². The van der Waals surface area contributed by atoms with Crippen molar-refractivity contribution < 1.29 is 18.3 Å². The van der Waals surface area contributed by atoms with Crippen LogP contribution in [-0.2, 0) is 4.74 Å². The first-order valence-electron chi connectivity index (χ1n) is 9.65. The summed E-state index contributed by atoms with van der Waals surface area (Å²) < 4.78 is 29.2. The zero-order valence-electron chi connectivity index (χ0n) is 15.3. The first-order valence-corrected chi connectivity index (χ1v) is 9.65. The molecule has 0 radical (unpaired) electrons. The molecule has 150 valence electrons. The molecule has 3 rings (SSSR count). The van der Waals surface area contributed by atoms with Gasteiger partial charge in [0.1, 0.15) is 5.82 Å². The number of nitrogens with two attached hydrogens (primary N) is 1. The second-order valence-electron chi connectivity index (χ2n) is 7.31. The summed E-state index contributed by atoms with van der Waals surface area (Å²) in [6.45, 7) is -2.72. The van der Waals surface area contributed by atoms with E-state index < -0.39 is 18.6 Å². The summed E-state index contributed by atoms with van der Waals surface area (Å²) in [6, 6.07) is 0.367. The molecule has 0 aromatic carbocycles. The number of anilines is 2. The minimum Gasteiger partial charge on any atom is -0.367 e. The SMILES string of the molecule is NC(=O)c1cnc(NC2CCC(OC(F)F)CC2)nc1NC1CCCCC1. The lowest BCUT2D eigenvalue weighted by molar-refractivity contribution is -0.169. The van der Waals surface area contributed by atoms with Gasteiger partial charge in [0.2, 0.25) is 5.95 Å². The number of rotatable bonds is 7. The van der Waals surface area contributed by atoms with Crippen molar-refractivity contribution in [2.75, 3.05) is 10.6 Å². The molecule has 2 fully saturated rings. The summed E-state index contributed by atoms with van der Waals surface area (Å²) in [7, 11) is 0. The molecular weight excluding hydrogens is 356 g/mol. The van der Waals surface area contributed by atoms with Crippen molar-refractivity contribution in [3.8, 4) is 0 Å². The zero-order chi connectivity index (χ0) is 19.2. The van der Waals surface area contributed by atoms with Crippen LogP contribution >= 0.6 is 0 Å². The monoisotopic (exact) mass is 383 g/mol. The summed E-state index contributed by atoms with van der Waals surface area (Å²) in [5, 5.41) is 6.58. The van der Waals surface area contributed by atoms with Crippen LogP contribution in [0, 0.1) is 0 Å². The summed E-state index contributed by atoms with van der Waals surface area (Å²) in [5.41, 5.74) is 5.73. The summed E-state index contributed by atoms with van der Waals surface area (Å²) in [5.74, 6) is 0.308. The van der Waals surface area contributed by atoms with E-state index in [1.54, 1.807) is 0 Å². The fourth-order valence-electron chi connectivity index (χ4n) is 3.85. The summed E-state index contributed by atoms with van der Waals surface area (Å²) in [4.78, 5) is 20.4. The quantitative estimate of drug-likeness (QED) is 0.668. The first kappa shape index (κ1) is 19.7. The molecule has 0 unspecified atom stereocenters. The fraction of sp³-hybridized carbons (Fsp3) is 0.722. The number of primary amides is 1. The Kier molecular flexibility index (Phi) is 6.76. The van der Waals surface area contributed by atoms with Gasteiger partial charge in [0.25, 0.3) is 5.91 Å². The third-order valence-electron chi connectivity index (χ3n) is 5.30. The van der Waals surface area contributed by atoms with Crippen molar-refractivity contribution in [1.29, 1.82) is 0 Å². The highest BCUT2D eigenvalue weighted by molar-refractivity contribution is 5.97. The number of alkyl halides is 2. The number of nitrogens with one attached hydrogen (secondary N) is 2. The lowest BCUT2D eigenvalue weighted by Crippen LogP contribution is -2.31. The Morgan fingerprint density at radius 2 is 1.74 bits per heavy atom. The molecule has 1 aromatic rings. The molecule has 0 atom stereocenters. The second-order valence-corrected chi connectivity index (χ2v) is 7.31. The van der Waals surface area contributed by atoms with E-state index >= 15 is 0 Å². The predicted octanol–water partition coefficient (Wildman–Crippen LogP) is 3.28. The molecule has 0 aliphatic heterocycles. The van der Waals surface area contributed by atoms with Gasteiger partial charge in [-0.3, -0.25) is 4.79 Å². The number of carbonyl (C=O) groups excluding carboxylic acids is 1. The smallest absolute Gasteiger partial charge is 0.345 e. The zero-order valence-corrected chi connectivity index (χ0v) is 15.3. The maximum absolute atomic E-state index is 12.3. The Morgan fingerprint density at radius 1 is 1.07 bits per heavy atom. The van der Waals surface area contributed by atoms with Gasteiger partial charge in [-0.2, -0.15) is 13.8 Å². The minimum atomic E-state index is -2.72. The molecule has 7 nitrogen and oxygen atoms in total. The van der Waals surface area contributed by atoms with Crippen LogP contribution in [0.25, 0.3) is 0 Å². The van der Waals surface area contributed by atoms with Crippen LogP contribution in [0.5, 0.6) is 0 Å². The van der Waals surface area contributed by atoms with Crippen molar-refractivity contribution in [3.63, 3.8) is 0 Å². The van der Waals surface area contributed by atoms with Crippen LogP contribution in [0.1, 0.15) is 68.1 Å². The third kappa shape index (κ3) is 5.72. The van der Waals surface area contributed by atoms with Crippen molar-refractivity contribution in [2.24, 2.45) is 5.73 Å². The number of nitrogens with zero attached hydrogens (tertiary/aromatic N) is 2. The van der Waals surface area contributed by atoms with Gasteiger partial charge < -0.3 is 21.1 Å². The molecule has 1 amide bonds. The van der Waals surface area contributed by atoms with Crippen LogP contribution < -0.4 is 16.4 Å². The highest BCUT2D eigenvalue weighted by Gasteiger charge is 2.25. The maximum atomic E-state index is 12.3. The van der Waals surface area contributed by atoms with E-state index in [0.29, 0.717) is 37.4 Å². The van der Waals surface area contributed by atoms with Crippen molar-refractivity contribution in [2.45, 2.75) is 82.6 Å². The molecule has 1 heterocycles. The van der Waals surface area contributed by atoms with Crippen LogP contribution in [0.2, 0.25) is 0 Å². The van der Waals surface area contributed by atoms with E-state index in [9.17, 15) is 13.6 Å². The molecule has 1 aromatic heterocycles. The summed E-state index contributed by atoms with van der Waals surface area (Å²) >= 11 is 0. The van der Waals surface area contributed by atoms with E-state index in [4.69, 9.17) is 5.73 Å². The highest BCUT2D eigenvalue weighted by atomic mass is 19.3. The number of aromatic nitrogens is 2. The van der Waals surface area contributed by atoms with Gasteiger partial charge >= 0.3 is 6.61 Å². The molecule has 0 saturated heterocycles. The lowest BCUT2D eigenvalue weighted by Gasteiger charge is -2.29. The Balaban J connectivity index is 1.62. The normalized spacial score (nSPS) is 24.0. The van der Waals surface area contributed by atoms with E-state index in [1.807, 2.05) is 0 Å². The van der Waals surface area contributed by atoms with Gasteiger partial charge in [0, 0.05) is 18.3 Å². The van der Waals surface area contributed by atoms with Crippen molar-refractivity contribution in [3.05, 3.63) is 11.8 Å². The Labute approximate surface area is 157 Å². The van der Waals surface area contributed by atoms with Crippen LogP contribution in [0.15, 0.2) is 6.20 Å². The topological polar surface area (TPSA) is 102 Å². The number of amides is 1. The van der Waals surface area contributed by atoms with E-state index in [2.05, 4.69) is 25.3 Å². The maximum Gasteiger partial charge on any atom is 0.345 e. The summed E-state index contributed by atoms with van der Waals surface area (Å²) in [6.07, 6.45) is 9.19. The second kappa shape index (κ2) is 9.25. The first-order chi connectivity index (χ1) is 13.0. The van der Waals surface area contributed by atoms with E-state index in [1.165, 1.54) is 12.6 Å². The van der Waals surface area contributed by atoms with Crippen LogP contribution in [0.3, 0.4) is 0 Å². The van der Waals surface area contributed by atoms with Gasteiger partial charge in [-0.05, 0) is 38.5 Å². The van der Waals surface area contributed by atoms with Gasteiger partial charge in [0.05, 0.1) is 11.7 Å². The highest BCUT2D eigenvalue weighted by Crippen LogP contribution is 2.26. The van der Waals surface area contributed by atoms with Crippen LogP contribution in [0.4, 0.5) is 20.5 Å². The largest absolute Gasteiger partial charge is 0.367 e. The lowest BCUT2D eigenvalue weighted by atomic mass is 9.93. The van der Waals surface area contributed by atoms with E-state index in [0.717, 1.165) is 25.7 Å². The number of ether oxygens (including phenoxy) is 1. The molecule has 0 spiro atoms. The standard InChI is InChI=1S/C18H27F2N5O2/c19-17(20)27-13-8-6-12(7-9-13)24-18-22-10-14(15(21)26)16(25-18)23-11-4-2-1-3-5-11/h10-13,17H,1-9H2,(H2,21,26)(H2,22,23,24,25). The molecule has 0 bridgehead atoms. The van der Waals surface area contributed by atoms with Gasteiger partial charge in [-0.1, -0.05) is 19.3 Å². The average molecular weight is 383 g/mol. The number of hydrogen-bond donors (Lipinski definition) is 3. The number of carbonyl (C=O) groups is 1. The van der Waals surface area contributed by atoms with Gasteiger partial charge in [-0.15, -0.1) is 0 Å². The molecule has 2 aliphatic rings. The molecule has 4 N–H and O–H groups in total. The minimum absolute atomic E-state index is 0.0875. The molecule has 2 saturated carbocycles. The Morgan fingerprint density at radius 3 is 2.37 bits per heavy atom. The average Bonchev–Trinajstić information content (AvgIpc) is 2.64. The van der Waals surface area contributed by atoms with Gasteiger partial charge in [-0.25, -0.2) is 4.98 Å². The Bertz CT molecular complexity index is 632. The predicted molar refractivity (Wildman–Crippen MR) is 97.8 cm³/mol. The molecule has 9 heteroatoms. The van der Waals surface area contributed by atoms with Crippen molar-refractivity contribution >= 4 is 17.7 Å². The fourth-order valence-corrected chi connectivity index (χ4v) is 3.85. The molecule has 2 aliphatic carbocycles. The number of hydrogen-bond acceptors (Lipinski definition) is 6. The molecular formula is C18H27F2N5O2. The third-order valence-corrected chi connectivity index (χ3v) is 5.30. The van der Waals surface area contributed by atoms with Gasteiger partial charge in [0.15, 0.2) is 0 Å². The van der Waals surface area contributed by atoms with Crippen molar-refractivity contribution in [1.82, 2.24) is 9.97 Å². The Hall–Kier alpha value is -2.03. The number of halogens is 2. The van der Waals surface area contributed by atoms with E-state index in [-0.39, 0.29) is 17.6 Å². The molecule has 27 heavy (non-hydrogen) atoms.